The Balaban J connectivity index is 2.59. The van der Waals surface area contributed by atoms with E-state index in [2.05, 4.69) is 50.4 Å². The topological polar surface area (TPSA) is 32.3 Å². The number of nitrogens with one attached hydrogen (secondary N) is 1. The van der Waals surface area contributed by atoms with Crippen LogP contribution in [0.3, 0.4) is 0 Å². The van der Waals surface area contributed by atoms with Crippen molar-refractivity contribution >= 4 is 0 Å². The van der Waals surface area contributed by atoms with Crippen LogP contribution in [0, 0.1) is 0 Å². The van der Waals surface area contributed by atoms with Gasteiger partial charge >= 0.3 is 0 Å². The highest BCUT2D eigenvalue weighted by atomic mass is 16.3. The average molecular weight is 221 g/mol. The van der Waals surface area contributed by atoms with Crippen LogP contribution in [-0.2, 0) is 0 Å². The Morgan fingerprint density at radius 3 is 1.94 bits per heavy atom. The van der Waals surface area contributed by atoms with Gasteiger partial charge in [0.1, 0.15) is 0 Å². The molecule has 0 saturated carbocycles. The van der Waals surface area contributed by atoms with Gasteiger partial charge in [-0.1, -0.05) is 38.1 Å². The van der Waals surface area contributed by atoms with Crippen molar-refractivity contribution < 1.29 is 5.11 Å². The van der Waals surface area contributed by atoms with Gasteiger partial charge in [0.15, 0.2) is 0 Å². The Morgan fingerprint density at radius 2 is 1.50 bits per heavy atom. The Morgan fingerprint density at radius 1 is 1.00 bits per heavy atom. The third-order valence-electron chi connectivity index (χ3n) is 2.82. The van der Waals surface area contributed by atoms with Gasteiger partial charge in [0.25, 0.3) is 0 Å². The minimum Gasteiger partial charge on any atom is -0.392 e. The summed E-state index contributed by atoms with van der Waals surface area (Å²) in [5.41, 5.74) is 2.64. The molecule has 0 bridgehead atoms. The van der Waals surface area contributed by atoms with Crippen LogP contribution in [0.25, 0.3) is 0 Å². The maximum Gasteiger partial charge on any atom is 0.0636 e. The van der Waals surface area contributed by atoms with Crippen molar-refractivity contribution in [2.75, 3.05) is 6.54 Å². The first kappa shape index (κ1) is 13.2. The van der Waals surface area contributed by atoms with E-state index in [4.69, 9.17) is 0 Å². The van der Waals surface area contributed by atoms with Gasteiger partial charge in [-0.15, -0.1) is 0 Å². The van der Waals surface area contributed by atoms with Crippen LogP contribution in [-0.4, -0.2) is 17.8 Å². The molecule has 0 saturated heterocycles. The molecule has 2 N–H and O–H groups in total. The Labute approximate surface area is 98.7 Å². The molecule has 0 aromatic heterocycles. The van der Waals surface area contributed by atoms with Crippen LogP contribution in [0.4, 0.5) is 0 Å². The lowest BCUT2D eigenvalue weighted by Crippen LogP contribution is -2.27. The molecule has 0 radical (unpaired) electrons. The van der Waals surface area contributed by atoms with Crippen LogP contribution in [0.1, 0.15) is 50.8 Å². The summed E-state index contributed by atoms with van der Waals surface area (Å²) in [6.07, 6.45) is -0.294. The zero-order valence-electron chi connectivity index (χ0n) is 10.7. The van der Waals surface area contributed by atoms with E-state index in [-0.39, 0.29) is 12.1 Å². The SMILES string of the molecule is CC(O)CNC(C)c1ccc(C(C)C)cc1. The molecule has 0 spiro atoms. The lowest BCUT2D eigenvalue weighted by atomic mass is 9.99. The summed E-state index contributed by atoms with van der Waals surface area (Å²) in [6, 6.07) is 8.97. The quantitative estimate of drug-likeness (QED) is 0.801. The summed E-state index contributed by atoms with van der Waals surface area (Å²) in [5.74, 6) is 0.578. The van der Waals surface area contributed by atoms with Gasteiger partial charge < -0.3 is 10.4 Å². The van der Waals surface area contributed by atoms with Crippen molar-refractivity contribution in [1.82, 2.24) is 5.32 Å². The van der Waals surface area contributed by atoms with E-state index in [1.165, 1.54) is 11.1 Å². The van der Waals surface area contributed by atoms with Crippen LogP contribution >= 0.6 is 0 Å². The molecule has 0 fully saturated rings. The smallest absolute Gasteiger partial charge is 0.0636 e. The molecule has 0 aliphatic carbocycles. The van der Waals surface area contributed by atoms with Gasteiger partial charge in [-0.3, -0.25) is 0 Å². The third-order valence-corrected chi connectivity index (χ3v) is 2.82. The molecule has 2 heteroatoms. The van der Waals surface area contributed by atoms with Crippen LogP contribution in [0.2, 0.25) is 0 Å². The zero-order valence-corrected chi connectivity index (χ0v) is 10.7. The van der Waals surface area contributed by atoms with Gasteiger partial charge in [0.05, 0.1) is 6.10 Å². The lowest BCUT2D eigenvalue weighted by Gasteiger charge is -2.16. The monoisotopic (exact) mass is 221 g/mol. The highest BCUT2D eigenvalue weighted by molar-refractivity contribution is 5.26. The van der Waals surface area contributed by atoms with E-state index >= 15 is 0 Å². The molecule has 1 aromatic carbocycles. The lowest BCUT2D eigenvalue weighted by molar-refractivity contribution is 0.187. The fraction of sp³-hybridized carbons (Fsp3) is 0.571. The largest absolute Gasteiger partial charge is 0.392 e. The number of hydrogen-bond acceptors (Lipinski definition) is 2. The highest BCUT2D eigenvalue weighted by Crippen LogP contribution is 2.18. The zero-order chi connectivity index (χ0) is 12.1. The molecule has 2 nitrogen and oxygen atoms in total. The minimum atomic E-state index is -0.294. The normalized spacial score (nSPS) is 15.1. The number of benzene rings is 1. The van der Waals surface area contributed by atoms with Crippen LogP contribution in [0.15, 0.2) is 24.3 Å². The molecule has 90 valence electrons. The van der Waals surface area contributed by atoms with Crippen LogP contribution < -0.4 is 5.32 Å². The summed E-state index contributed by atoms with van der Waals surface area (Å²) in [6.45, 7) is 8.94. The summed E-state index contributed by atoms with van der Waals surface area (Å²) in [7, 11) is 0. The molecule has 1 aromatic rings. The molecule has 0 aliphatic heterocycles. The van der Waals surface area contributed by atoms with E-state index in [1.54, 1.807) is 6.92 Å². The van der Waals surface area contributed by atoms with Gasteiger partial charge in [-0.05, 0) is 30.9 Å². The first-order chi connectivity index (χ1) is 7.50. The summed E-state index contributed by atoms with van der Waals surface area (Å²) < 4.78 is 0. The Kier molecular flexibility index (Phi) is 4.97. The summed E-state index contributed by atoms with van der Waals surface area (Å²) in [4.78, 5) is 0. The molecule has 2 unspecified atom stereocenters. The maximum absolute atomic E-state index is 9.20. The predicted molar refractivity (Wildman–Crippen MR) is 68.6 cm³/mol. The average Bonchev–Trinajstić information content (AvgIpc) is 2.26. The standard InChI is InChI=1S/C14H23NO/c1-10(2)13-5-7-14(8-6-13)12(4)15-9-11(3)16/h5-8,10-12,15-16H,9H2,1-4H3. The van der Waals surface area contributed by atoms with E-state index in [1.807, 2.05) is 0 Å². The van der Waals surface area contributed by atoms with Gasteiger partial charge in [0.2, 0.25) is 0 Å². The van der Waals surface area contributed by atoms with Crippen molar-refractivity contribution in [3.05, 3.63) is 35.4 Å². The van der Waals surface area contributed by atoms with E-state index in [0.717, 1.165) is 0 Å². The first-order valence-electron chi connectivity index (χ1n) is 6.02. The maximum atomic E-state index is 9.20. The Hall–Kier alpha value is -0.860. The molecule has 0 heterocycles. The van der Waals surface area contributed by atoms with E-state index < -0.39 is 0 Å². The first-order valence-corrected chi connectivity index (χ1v) is 6.02. The van der Waals surface area contributed by atoms with Crippen molar-refractivity contribution in [3.63, 3.8) is 0 Å². The van der Waals surface area contributed by atoms with Crippen molar-refractivity contribution in [2.24, 2.45) is 0 Å². The fourth-order valence-electron chi connectivity index (χ4n) is 1.63. The van der Waals surface area contributed by atoms with Crippen molar-refractivity contribution in [3.8, 4) is 0 Å². The number of hydrogen-bond donors (Lipinski definition) is 2. The second-order valence-corrected chi connectivity index (χ2v) is 4.80. The second-order valence-electron chi connectivity index (χ2n) is 4.80. The Bertz CT molecular complexity index is 303. The molecule has 16 heavy (non-hydrogen) atoms. The van der Waals surface area contributed by atoms with E-state index in [9.17, 15) is 5.11 Å². The highest BCUT2D eigenvalue weighted by Gasteiger charge is 2.06. The molecule has 1 rings (SSSR count). The number of rotatable bonds is 5. The second kappa shape index (κ2) is 6.02. The van der Waals surface area contributed by atoms with Crippen LogP contribution in [0.5, 0.6) is 0 Å². The minimum absolute atomic E-state index is 0.288. The number of aliphatic hydroxyl groups is 1. The van der Waals surface area contributed by atoms with Crippen molar-refractivity contribution in [2.45, 2.75) is 45.8 Å². The molecule has 2 atom stereocenters. The summed E-state index contributed by atoms with van der Waals surface area (Å²) in [5, 5.41) is 12.5. The molecule has 0 aliphatic rings. The summed E-state index contributed by atoms with van der Waals surface area (Å²) >= 11 is 0. The third kappa shape index (κ3) is 3.95. The fourth-order valence-corrected chi connectivity index (χ4v) is 1.63. The van der Waals surface area contributed by atoms with Crippen molar-refractivity contribution in [1.29, 1.82) is 0 Å². The molecular weight excluding hydrogens is 198 g/mol. The van der Waals surface area contributed by atoms with E-state index in [0.29, 0.717) is 12.5 Å². The molecular formula is C14H23NO. The predicted octanol–water partition coefficient (Wildman–Crippen LogP) is 2.84. The number of aliphatic hydroxyl groups excluding tert-OH is 1. The van der Waals surface area contributed by atoms with Gasteiger partial charge in [-0.25, -0.2) is 0 Å². The van der Waals surface area contributed by atoms with Gasteiger partial charge in [0, 0.05) is 12.6 Å². The molecule has 0 amide bonds. The van der Waals surface area contributed by atoms with Gasteiger partial charge in [-0.2, -0.15) is 0 Å².